The molecule has 2 rings (SSSR count). The Morgan fingerprint density at radius 3 is 2.47 bits per heavy atom. The van der Waals surface area contributed by atoms with Crippen molar-refractivity contribution in [1.82, 2.24) is 9.55 Å². The third-order valence-corrected chi connectivity index (χ3v) is 3.25. The third-order valence-electron chi connectivity index (χ3n) is 2.48. The summed E-state index contributed by atoms with van der Waals surface area (Å²) >= 11 is 0. The van der Waals surface area contributed by atoms with Crippen LogP contribution in [0.25, 0.3) is 0 Å². The minimum Gasteiger partial charge on any atom is -0.742 e. The molecule has 1 aromatic heterocycles. The maximum atomic E-state index is 11.2. The smallest absolute Gasteiger partial charge is 0.267 e. The van der Waals surface area contributed by atoms with Crippen LogP contribution < -0.4 is 5.73 Å². The Balaban J connectivity index is 2.53. The molecule has 0 saturated heterocycles. The van der Waals surface area contributed by atoms with E-state index in [2.05, 4.69) is 4.98 Å². The number of nitrogens with two attached hydrogens (primary N) is 1. The molecule has 1 aromatic carbocycles. The number of nitrogens with zero attached hydrogens (tertiary/aromatic N) is 2. The first-order valence-corrected chi connectivity index (χ1v) is 6.65. The van der Waals surface area contributed by atoms with E-state index in [4.69, 9.17) is 5.73 Å². The first kappa shape index (κ1) is 13.2. The molecule has 1 heterocycles. The quantitative estimate of drug-likeness (QED) is 0.787. The van der Waals surface area contributed by atoms with Gasteiger partial charge in [0.05, 0.1) is 12.7 Å². The lowest BCUT2D eigenvalue weighted by molar-refractivity contribution is 0.0991. The Morgan fingerprint density at radius 2 is 1.95 bits per heavy atom. The van der Waals surface area contributed by atoms with Gasteiger partial charge in [-0.2, -0.15) is 0 Å². The number of imidazole rings is 1. The van der Waals surface area contributed by atoms with Gasteiger partial charge < -0.3 is 14.9 Å². The van der Waals surface area contributed by atoms with Gasteiger partial charge in [0.2, 0.25) is 5.16 Å². The molecule has 0 radical (unpaired) electrons. The molecule has 7 nitrogen and oxygen atoms in total. The molecule has 8 heteroatoms. The lowest BCUT2D eigenvalue weighted by Crippen LogP contribution is -2.20. The Bertz CT molecular complexity index is 707. The largest absolute Gasteiger partial charge is 0.742 e. The van der Waals surface area contributed by atoms with Gasteiger partial charge in [0.25, 0.3) is 5.91 Å². The summed E-state index contributed by atoms with van der Waals surface area (Å²) < 4.78 is 34.3. The molecule has 0 bridgehead atoms. The van der Waals surface area contributed by atoms with E-state index in [0.29, 0.717) is 5.56 Å². The standard InChI is InChI=1S/C11H11N3O4S/c12-10(15)9-6-13-11(19(16,17)18)14(9)7-8-4-2-1-3-5-8/h1-6H,7H2,(H2,12,15)(H,16,17,18)/p-1. The number of benzene rings is 1. The van der Waals surface area contributed by atoms with Crippen LogP contribution in [0.5, 0.6) is 0 Å². The van der Waals surface area contributed by atoms with E-state index >= 15 is 0 Å². The summed E-state index contributed by atoms with van der Waals surface area (Å²) in [6.07, 6.45) is 0.982. The summed E-state index contributed by atoms with van der Waals surface area (Å²) in [5, 5.41) is -0.717. The molecule has 0 atom stereocenters. The molecular weight excluding hydrogens is 270 g/mol. The third kappa shape index (κ3) is 2.80. The van der Waals surface area contributed by atoms with Gasteiger partial charge in [-0.1, -0.05) is 30.3 Å². The van der Waals surface area contributed by atoms with Crippen molar-refractivity contribution in [1.29, 1.82) is 0 Å². The van der Waals surface area contributed by atoms with Crippen LogP contribution in [-0.2, 0) is 16.7 Å². The van der Waals surface area contributed by atoms with Gasteiger partial charge in [-0.15, -0.1) is 0 Å². The fourth-order valence-electron chi connectivity index (χ4n) is 1.67. The zero-order valence-electron chi connectivity index (χ0n) is 9.68. The molecule has 0 unspecified atom stereocenters. The zero-order chi connectivity index (χ0) is 14.0. The maximum Gasteiger partial charge on any atom is 0.267 e. The van der Waals surface area contributed by atoms with Gasteiger partial charge in [-0.3, -0.25) is 4.79 Å². The van der Waals surface area contributed by atoms with Crippen LogP contribution in [0.2, 0.25) is 0 Å². The molecule has 19 heavy (non-hydrogen) atoms. The molecule has 0 fully saturated rings. The molecule has 1 amide bonds. The van der Waals surface area contributed by atoms with Crippen LogP contribution in [0, 0.1) is 0 Å². The van der Waals surface area contributed by atoms with Crippen molar-refractivity contribution in [3.05, 3.63) is 47.8 Å². The summed E-state index contributed by atoms with van der Waals surface area (Å²) in [5.41, 5.74) is 5.72. The highest BCUT2D eigenvalue weighted by Gasteiger charge is 2.18. The number of rotatable bonds is 4. The second-order valence-corrected chi connectivity index (χ2v) is 5.09. The van der Waals surface area contributed by atoms with Crippen molar-refractivity contribution >= 4 is 16.0 Å². The van der Waals surface area contributed by atoms with Crippen molar-refractivity contribution in [2.75, 3.05) is 0 Å². The fourth-order valence-corrected chi connectivity index (χ4v) is 2.29. The van der Waals surface area contributed by atoms with E-state index in [9.17, 15) is 17.8 Å². The lowest BCUT2D eigenvalue weighted by atomic mass is 10.2. The summed E-state index contributed by atoms with van der Waals surface area (Å²) in [7, 11) is -4.77. The monoisotopic (exact) mass is 280 g/mol. The predicted octanol–water partition coefficient (Wildman–Crippen LogP) is -0.0656. The van der Waals surface area contributed by atoms with E-state index in [1.165, 1.54) is 0 Å². The van der Waals surface area contributed by atoms with E-state index in [0.717, 1.165) is 10.8 Å². The molecule has 2 aromatic rings. The minimum atomic E-state index is -4.77. The normalized spacial score (nSPS) is 11.4. The SMILES string of the molecule is NC(=O)c1cnc(S(=O)(=O)[O-])n1Cc1ccccc1. The van der Waals surface area contributed by atoms with Crippen LogP contribution in [0.3, 0.4) is 0 Å². The highest BCUT2D eigenvalue weighted by molar-refractivity contribution is 7.85. The maximum absolute atomic E-state index is 11.2. The molecule has 0 aliphatic carbocycles. The first-order valence-electron chi connectivity index (χ1n) is 5.25. The molecule has 0 aliphatic heterocycles. The topological polar surface area (TPSA) is 118 Å². The van der Waals surface area contributed by atoms with E-state index in [-0.39, 0.29) is 12.2 Å². The van der Waals surface area contributed by atoms with Crippen molar-refractivity contribution in [2.45, 2.75) is 11.7 Å². The van der Waals surface area contributed by atoms with Crippen LogP contribution >= 0.6 is 0 Å². The Kier molecular flexibility index (Phi) is 3.36. The number of primary amides is 1. The highest BCUT2D eigenvalue weighted by Crippen LogP contribution is 2.13. The molecule has 100 valence electrons. The molecule has 0 spiro atoms. The Labute approximate surface area is 109 Å². The van der Waals surface area contributed by atoms with Gasteiger partial charge in [0.1, 0.15) is 5.69 Å². The number of aromatic nitrogens is 2. The van der Waals surface area contributed by atoms with Crippen LogP contribution in [0.4, 0.5) is 0 Å². The number of carbonyl (C=O) groups is 1. The van der Waals surface area contributed by atoms with Crippen molar-refractivity contribution in [2.24, 2.45) is 5.73 Å². The first-order chi connectivity index (χ1) is 8.89. The van der Waals surface area contributed by atoms with Crippen LogP contribution in [0.1, 0.15) is 16.1 Å². The second-order valence-electron chi connectivity index (χ2n) is 3.82. The minimum absolute atomic E-state index is 0.0237. The van der Waals surface area contributed by atoms with Gasteiger partial charge in [-0.25, -0.2) is 13.4 Å². The van der Waals surface area contributed by atoms with Gasteiger partial charge in [0, 0.05) is 0 Å². The van der Waals surface area contributed by atoms with Crippen molar-refractivity contribution in [3.8, 4) is 0 Å². The molecule has 0 aliphatic rings. The predicted molar refractivity (Wildman–Crippen MR) is 64.3 cm³/mol. The summed E-state index contributed by atoms with van der Waals surface area (Å²) in [5.74, 6) is -0.849. The number of hydrogen-bond acceptors (Lipinski definition) is 5. The van der Waals surface area contributed by atoms with E-state index in [1.54, 1.807) is 30.3 Å². The average Bonchev–Trinajstić information content (AvgIpc) is 2.74. The second kappa shape index (κ2) is 4.82. The van der Waals surface area contributed by atoms with Gasteiger partial charge in [0.15, 0.2) is 10.1 Å². The molecule has 2 N–H and O–H groups in total. The van der Waals surface area contributed by atoms with Crippen molar-refractivity contribution < 1.29 is 17.8 Å². The molecule has 0 saturated carbocycles. The Morgan fingerprint density at radius 1 is 1.32 bits per heavy atom. The van der Waals surface area contributed by atoms with Gasteiger partial charge >= 0.3 is 0 Å². The fraction of sp³-hybridized carbons (Fsp3) is 0.0909. The lowest BCUT2D eigenvalue weighted by Gasteiger charge is -2.12. The number of carbonyl (C=O) groups excluding carboxylic acids is 1. The van der Waals surface area contributed by atoms with E-state index in [1.807, 2.05) is 0 Å². The summed E-state index contributed by atoms with van der Waals surface area (Å²) in [4.78, 5) is 14.7. The Hall–Kier alpha value is -2.19. The van der Waals surface area contributed by atoms with Gasteiger partial charge in [-0.05, 0) is 5.56 Å². The number of amides is 1. The number of hydrogen-bond donors (Lipinski definition) is 1. The average molecular weight is 280 g/mol. The summed E-state index contributed by atoms with van der Waals surface area (Å²) in [6.45, 7) is 0.0237. The zero-order valence-corrected chi connectivity index (χ0v) is 10.5. The van der Waals surface area contributed by atoms with Crippen LogP contribution in [0.15, 0.2) is 41.7 Å². The van der Waals surface area contributed by atoms with Crippen LogP contribution in [-0.4, -0.2) is 28.4 Å². The highest BCUT2D eigenvalue weighted by atomic mass is 32.2. The summed E-state index contributed by atoms with van der Waals surface area (Å²) in [6, 6.07) is 8.75. The van der Waals surface area contributed by atoms with Crippen molar-refractivity contribution in [3.63, 3.8) is 0 Å². The van der Waals surface area contributed by atoms with E-state index < -0.39 is 21.2 Å². The molecular formula is C11H10N3O4S-.